The number of nitrogens with one attached hydrogen (secondary N) is 1. The molecule has 6 nitrogen and oxygen atoms in total. The van der Waals surface area contributed by atoms with Crippen LogP contribution >= 0.6 is 11.8 Å². The molecule has 3 N–H and O–H groups in total. The number of nitrogens with zero attached hydrogens (tertiary/aromatic N) is 1. The highest BCUT2D eigenvalue weighted by atomic mass is 32.2. The van der Waals surface area contributed by atoms with Crippen LogP contribution < -0.4 is 10.8 Å². The van der Waals surface area contributed by atoms with Crippen LogP contribution in [0.5, 0.6) is 0 Å². The molecular formula is C17H15N3O3S2. The van der Waals surface area contributed by atoms with Crippen molar-refractivity contribution in [2.45, 2.75) is 9.92 Å². The Morgan fingerprint density at radius 2 is 1.64 bits per heavy atom. The van der Waals surface area contributed by atoms with Crippen molar-refractivity contribution in [2.75, 3.05) is 6.26 Å². The summed E-state index contributed by atoms with van der Waals surface area (Å²) in [4.78, 5) is 18.8. The fourth-order valence-electron chi connectivity index (χ4n) is 2.50. The Hall–Kier alpha value is -2.42. The lowest BCUT2D eigenvalue weighted by atomic mass is 10.0. The SMILES string of the molecule is CSc1nc(=O)[nH]c(-c2ccc(S(N)(=O)=O)cc2)c1-c1ccccc1. The van der Waals surface area contributed by atoms with Crippen molar-refractivity contribution in [3.05, 3.63) is 65.1 Å². The van der Waals surface area contributed by atoms with E-state index in [2.05, 4.69) is 9.97 Å². The van der Waals surface area contributed by atoms with Crippen LogP contribution in [-0.4, -0.2) is 24.6 Å². The summed E-state index contributed by atoms with van der Waals surface area (Å²) >= 11 is 1.37. The lowest BCUT2D eigenvalue weighted by Gasteiger charge is -2.13. The van der Waals surface area contributed by atoms with E-state index in [1.54, 1.807) is 12.1 Å². The Labute approximate surface area is 149 Å². The van der Waals surface area contributed by atoms with Crippen molar-refractivity contribution in [1.82, 2.24) is 9.97 Å². The van der Waals surface area contributed by atoms with E-state index in [0.717, 1.165) is 11.1 Å². The average molecular weight is 373 g/mol. The van der Waals surface area contributed by atoms with Crippen molar-refractivity contribution >= 4 is 21.8 Å². The summed E-state index contributed by atoms with van der Waals surface area (Å²) in [5, 5.41) is 5.73. The number of H-pyrrole nitrogens is 1. The minimum atomic E-state index is -3.77. The third kappa shape index (κ3) is 3.65. The standard InChI is InChI=1S/C17H15N3O3S2/c1-24-16-14(11-5-3-2-4-6-11)15(19-17(21)20-16)12-7-9-13(10-8-12)25(18,22)23/h2-10H,1H3,(H2,18,22,23)(H,19,20,21). The van der Waals surface area contributed by atoms with Gasteiger partial charge in [0.2, 0.25) is 10.0 Å². The van der Waals surface area contributed by atoms with Crippen molar-refractivity contribution < 1.29 is 8.42 Å². The molecule has 128 valence electrons. The highest BCUT2D eigenvalue weighted by Crippen LogP contribution is 2.35. The lowest BCUT2D eigenvalue weighted by Crippen LogP contribution is -2.14. The second-order valence-corrected chi connectivity index (χ2v) is 7.59. The third-order valence-electron chi connectivity index (χ3n) is 3.63. The summed E-state index contributed by atoms with van der Waals surface area (Å²) in [7, 11) is -3.77. The average Bonchev–Trinajstić information content (AvgIpc) is 2.61. The molecule has 8 heteroatoms. The molecule has 0 amide bonds. The zero-order valence-corrected chi connectivity index (χ0v) is 14.9. The van der Waals surface area contributed by atoms with Crippen molar-refractivity contribution in [3.8, 4) is 22.4 Å². The summed E-state index contributed by atoms with van der Waals surface area (Å²) in [5.41, 5.74) is 2.48. The minimum Gasteiger partial charge on any atom is -0.305 e. The fraction of sp³-hybridized carbons (Fsp3) is 0.0588. The van der Waals surface area contributed by atoms with E-state index in [-0.39, 0.29) is 4.90 Å². The number of hydrogen-bond donors (Lipinski definition) is 2. The maximum absolute atomic E-state index is 12.0. The van der Waals surface area contributed by atoms with Gasteiger partial charge in [0.15, 0.2) is 0 Å². The molecule has 0 unspecified atom stereocenters. The van der Waals surface area contributed by atoms with E-state index in [4.69, 9.17) is 5.14 Å². The van der Waals surface area contributed by atoms with Crippen LogP contribution in [0.15, 0.2) is 69.3 Å². The molecule has 3 aromatic rings. The zero-order valence-electron chi connectivity index (χ0n) is 13.3. The number of benzene rings is 2. The molecule has 0 bridgehead atoms. The van der Waals surface area contributed by atoms with Gasteiger partial charge in [0, 0.05) is 5.56 Å². The predicted molar refractivity (Wildman–Crippen MR) is 98.9 cm³/mol. The van der Waals surface area contributed by atoms with Gasteiger partial charge in [0.25, 0.3) is 0 Å². The lowest BCUT2D eigenvalue weighted by molar-refractivity contribution is 0.598. The summed E-state index contributed by atoms with van der Waals surface area (Å²) in [6.07, 6.45) is 1.85. The Morgan fingerprint density at radius 1 is 1.00 bits per heavy atom. The largest absolute Gasteiger partial charge is 0.346 e. The first kappa shape index (κ1) is 17.4. The van der Waals surface area contributed by atoms with E-state index in [0.29, 0.717) is 16.3 Å². The van der Waals surface area contributed by atoms with Crippen LogP contribution in [-0.2, 0) is 10.0 Å². The van der Waals surface area contributed by atoms with Crippen LogP contribution in [0.2, 0.25) is 0 Å². The molecule has 0 aliphatic rings. The summed E-state index contributed by atoms with van der Waals surface area (Å²) in [6.45, 7) is 0. The van der Waals surface area contributed by atoms with Crippen LogP contribution in [0.4, 0.5) is 0 Å². The van der Waals surface area contributed by atoms with Crippen LogP contribution in [0.1, 0.15) is 0 Å². The Bertz CT molecular complexity index is 1060. The molecule has 0 aliphatic heterocycles. The molecular weight excluding hydrogens is 358 g/mol. The maximum Gasteiger partial charge on any atom is 0.346 e. The predicted octanol–water partition coefficient (Wildman–Crippen LogP) is 2.47. The second kappa shape index (κ2) is 6.83. The molecule has 0 saturated carbocycles. The first-order valence-electron chi connectivity index (χ1n) is 7.27. The molecule has 0 radical (unpaired) electrons. The molecule has 1 aromatic heterocycles. The number of hydrogen-bond acceptors (Lipinski definition) is 5. The maximum atomic E-state index is 12.0. The van der Waals surface area contributed by atoms with Crippen LogP contribution in [0.3, 0.4) is 0 Å². The van der Waals surface area contributed by atoms with Gasteiger partial charge in [-0.3, -0.25) is 0 Å². The van der Waals surface area contributed by atoms with Crippen LogP contribution in [0, 0.1) is 0 Å². The first-order valence-corrected chi connectivity index (χ1v) is 10.0. The van der Waals surface area contributed by atoms with Gasteiger partial charge in [-0.25, -0.2) is 18.4 Å². The Balaban J connectivity index is 2.25. The van der Waals surface area contributed by atoms with Crippen molar-refractivity contribution in [1.29, 1.82) is 0 Å². The number of nitrogens with two attached hydrogens (primary N) is 1. The Morgan fingerprint density at radius 3 is 2.20 bits per heavy atom. The van der Waals surface area contributed by atoms with Gasteiger partial charge < -0.3 is 4.98 Å². The molecule has 25 heavy (non-hydrogen) atoms. The molecule has 0 saturated heterocycles. The van der Waals surface area contributed by atoms with E-state index in [1.807, 2.05) is 36.6 Å². The minimum absolute atomic E-state index is 0.0130. The number of thioether (sulfide) groups is 1. The van der Waals surface area contributed by atoms with Crippen molar-refractivity contribution in [3.63, 3.8) is 0 Å². The quantitative estimate of drug-likeness (QED) is 0.540. The van der Waals surface area contributed by atoms with E-state index >= 15 is 0 Å². The fourth-order valence-corrected chi connectivity index (χ4v) is 3.61. The molecule has 3 rings (SSSR count). The van der Waals surface area contributed by atoms with Crippen LogP contribution in [0.25, 0.3) is 22.4 Å². The topological polar surface area (TPSA) is 106 Å². The highest BCUT2D eigenvalue weighted by Gasteiger charge is 2.16. The van der Waals surface area contributed by atoms with E-state index in [1.165, 1.54) is 23.9 Å². The van der Waals surface area contributed by atoms with Gasteiger partial charge in [-0.15, -0.1) is 11.8 Å². The smallest absolute Gasteiger partial charge is 0.305 e. The van der Waals surface area contributed by atoms with Gasteiger partial charge in [-0.1, -0.05) is 42.5 Å². The number of aromatic nitrogens is 2. The number of aromatic amines is 1. The molecule has 0 aliphatic carbocycles. The summed E-state index contributed by atoms with van der Waals surface area (Å²) in [6, 6.07) is 15.6. The molecule has 0 spiro atoms. The summed E-state index contributed by atoms with van der Waals surface area (Å²) in [5.74, 6) is 0. The van der Waals surface area contributed by atoms with Gasteiger partial charge in [-0.05, 0) is 29.5 Å². The molecule has 0 atom stereocenters. The van der Waals surface area contributed by atoms with Crippen molar-refractivity contribution in [2.24, 2.45) is 5.14 Å². The first-order chi connectivity index (χ1) is 11.9. The zero-order chi connectivity index (χ0) is 18.0. The Kier molecular flexibility index (Phi) is 4.76. The van der Waals surface area contributed by atoms with E-state index < -0.39 is 15.7 Å². The monoisotopic (exact) mass is 373 g/mol. The molecule has 0 fully saturated rings. The number of sulfonamides is 1. The van der Waals surface area contributed by atoms with Gasteiger partial charge in [-0.2, -0.15) is 4.98 Å². The number of primary sulfonamides is 1. The van der Waals surface area contributed by atoms with E-state index in [9.17, 15) is 13.2 Å². The molecule has 1 heterocycles. The second-order valence-electron chi connectivity index (χ2n) is 5.24. The van der Waals surface area contributed by atoms with Gasteiger partial charge >= 0.3 is 5.69 Å². The summed E-state index contributed by atoms with van der Waals surface area (Å²) < 4.78 is 22.9. The van der Waals surface area contributed by atoms with Gasteiger partial charge in [0.1, 0.15) is 5.03 Å². The normalized spacial score (nSPS) is 11.4. The highest BCUT2D eigenvalue weighted by molar-refractivity contribution is 7.98. The number of rotatable bonds is 4. The molecule has 2 aromatic carbocycles. The third-order valence-corrected chi connectivity index (χ3v) is 5.24. The van der Waals surface area contributed by atoms with Gasteiger partial charge in [0.05, 0.1) is 10.6 Å².